The van der Waals surface area contributed by atoms with Gasteiger partial charge < -0.3 is 8.83 Å². The van der Waals surface area contributed by atoms with E-state index in [0.29, 0.717) is 0 Å². The number of nitrogens with zero attached hydrogens (tertiary/aromatic N) is 3. The van der Waals surface area contributed by atoms with E-state index in [1.807, 2.05) is 6.07 Å². The zero-order valence-corrected chi connectivity index (χ0v) is 12.9. The molecule has 3 aromatic heterocycles. The molecule has 1 amide bonds. The fraction of sp³-hybridized carbons (Fsp3) is 0. The fourth-order valence-electron chi connectivity index (χ4n) is 1.51. The lowest BCUT2D eigenvalue weighted by molar-refractivity contribution is -0.402. The lowest BCUT2D eigenvalue weighted by atomic mass is 10.4. The van der Waals surface area contributed by atoms with E-state index in [9.17, 15) is 14.9 Å². The van der Waals surface area contributed by atoms with Gasteiger partial charge in [-0.3, -0.25) is 20.2 Å². The minimum Gasteiger partial charge on any atom is -0.402 e. The van der Waals surface area contributed by atoms with Gasteiger partial charge in [-0.2, -0.15) is 0 Å². The van der Waals surface area contributed by atoms with E-state index in [-0.39, 0.29) is 17.7 Å². The first-order valence-corrected chi connectivity index (χ1v) is 7.28. The average molecular weight is 385 g/mol. The molecule has 0 fully saturated rings. The van der Waals surface area contributed by atoms with Crippen molar-refractivity contribution in [3.8, 4) is 10.8 Å². The van der Waals surface area contributed by atoms with E-state index in [2.05, 4.69) is 31.4 Å². The van der Waals surface area contributed by atoms with Crippen LogP contribution in [-0.4, -0.2) is 21.0 Å². The number of halogens is 1. The van der Waals surface area contributed by atoms with Gasteiger partial charge in [-0.05, 0) is 34.1 Å². The third-order valence-corrected chi connectivity index (χ3v) is 4.04. The van der Waals surface area contributed by atoms with Crippen LogP contribution in [-0.2, 0) is 0 Å². The Morgan fingerprint density at radius 2 is 2.09 bits per heavy atom. The van der Waals surface area contributed by atoms with E-state index in [4.69, 9.17) is 8.83 Å². The zero-order valence-electron chi connectivity index (χ0n) is 10.5. The van der Waals surface area contributed by atoms with Crippen molar-refractivity contribution in [1.29, 1.82) is 0 Å². The second-order valence-corrected chi connectivity index (χ2v) is 6.33. The first-order valence-electron chi connectivity index (χ1n) is 5.68. The van der Waals surface area contributed by atoms with Gasteiger partial charge in [0.1, 0.15) is 4.92 Å². The molecule has 0 aliphatic carbocycles. The SMILES string of the molecule is O=C(Nc1nnc(-c2ccc(Br)s2)o1)c1ccc([N+](=O)[O-])o1. The Bertz CT molecular complexity index is 854. The summed E-state index contributed by atoms with van der Waals surface area (Å²) in [5.74, 6) is -1.24. The summed E-state index contributed by atoms with van der Waals surface area (Å²) >= 11 is 4.70. The summed E-state index contributed by atoms with van der Waals surface area (Å²) in [6, 6.07) is 5.73. The molecule has 0 unspecified atom stereocenters. The minimum absolute atomic E-state index is 0.136. The molecule has 0 bridgehead atoms. The molecular formula is C11H5BrN4O5S. The molecule has 112 valence electrons. The third-order valence-electron chi connectivity index (χ3n) is 2.42. The van der Waals surface area contributed by atoms with Crippen LogP contribution in [0.15, 0.2) is 36.9 Å². The number of nitro groups is 1. The molecule has 3 aromatic rings. The van der Waals surface area contributed by atoms with Crippen molar-refractivity contribution in [2.75, 3.05) is 5.32 Å². The number of thiophene rings is 1. The molecule has 0 aliphatic heterocycles. The average Bonchev–Trinajstić information content (AvgIpc) is 3.17. The number of anilines is 1. The van der Waals surface area contributed by atoms with Gasteiger partial charge in [-0.25, -0.2) is 0 Å². The van der Waals surface area contributed by atoms with E-state index in [1.54, 1.807) is 6.07 Å². The Morgan fingerprint density at radius 3 is 2.73 bits per heavy atom. The van der Waals surface area contributed by atoms with Gasteiger partial charge >= 0.3 is 11.9 Å². The van der Waals surface area contributed by atoms with Gasteiger partial charge in [0.15, 0.2) is 5.76 Å². The number of hydrogen-bond acceptors (Lipinski definition) is 8. The predicted molar refractivity (Wildman–Crippen MR) is 78.6 cm³/mol. The molecule has 3 heterocycles. The monoisotopic (exact) mass is 384 g/mol. The van der Waals surface area contributed by atoms with E-state index in [1.165, 1.54) is 17.4 Å². The molecule has 0 aromatic carbocycles. The summed E-state index contributed by atoms with van der Waals surface area (Å²) in [6.07, 6.45) is 0. The van der Waals surface area contributed by atoms with Gasteiger partial charge in [0.05, 0.1) is 14.7 Å². The summed E-state index contributed by atoms with van der Waals surface area (Å²) in [5.41, 5.74) is 0. The van der Waals surface area contributed by atoms with Crippen LogP contribution < -0.4 is 5.32 Å². The molecule has 3 rings (SSSR count). The van der Waals surface area contributed by atoms with Crippen LogP contribution in [0, 0.1) is 10.1 Å². The maximum Gasteiger partial charge on any atom is 0.433 e. The van der Waals surface area contributed by atoms with Crippen molar-refractivity contribution >= 4 is 45.1 Å². The van der Waals surface area contributed by atoms with Crippen molar-refractivity contribution < 1.29 is 18.6 Å². The summed E-state index contributed by atoms with van der Waals surface area (Å²) in [6.45, 7) is 0. The van der Waals surface area contributed by atoms with Gasteiger partial charge in [-0.15, -0.1) is 16.4 Å². The summed E-state index contributed by atoms with van der Waals surface area (Å²) in [5, 5.41) is 20.3. The Kier molecular flexibility index (Phi) is 3.73. The zero-order chi connectivity index (χ0) is 15.7. The molecule has 1 N–H and O–H groups in total. The molecule has 11 heteroatoms. The largest absolute Gasteiger partial charge is 0.433 e. The Balaban J connectivity index is 1.74. The fourth-order valence-corrected chi connectivity index (χ4v) is 2.82. The number of carbonyl (C=O) groups is 1. The molecule has 0 radical (unpaired) electrons. The maximum atomic E-state index is 11.8. The molecule has 0 saturated heterocycles. The maximum absolute atomic E-state index is 11.8. The second-order valence-electron chi connectivity index (χ2n) is 3.87. The van der Waals surface area contributed by atoms with Crippen LogP contribution in [0.3, 0.4) is 0 Å². The van der Waals surface area contributed by atoms with Crippen LogP contribution in [0.2, 0.25) is 0 Å². The highest BCUT2D eigenvalue weighted by Crippen LogP contribution is 2.31. The highest BCUT2D eigenvalue weighted by atomic mass is 79.9. The van der Waals surface area contributed by atoms with Gasteiger partial charge in [0.25, 0.3) is 11.8 Å². The molecule has 0 spiro atoms. The smallest absolute Gasteiger partial charge is 0.402 e. The number of nitrogens with one attached hydrogen (secondary N) is 1. The molecule has 0 atom stereocenters. The Hall–Kier alpha value is -2.53. The number of amides is 1. The van der Waals surface area contributed by atoms with Crippen molar-refractivity contribution in [2.24, 2.45) is 0 Å². The topological polar surface area (TPSA) is 124 Å². The molecule has 0 aliphatic rings. The highest BCUT2D eigenvalue weighted by Gasteiger charge is 2.19. The lowest BCUT2D eigenvalue weighted by Crippen LogP contribution is -2.11. The normalized spacial score (nSPS) is 10.6. The van der Waals surface area contributed by atoms with E-state index >= 15 is 0 Å². The van der Waals surface area contributed by atoms with E-state index < -0.39 is 16.7 Å². The third kappa shape index (κ3) is 2.89. The van der Waals surface area contributed by atoms with Gasteiger partial charge in [0.2, 0.25) is 0 Å². The number of hydrogen-bond donors (Lipinski definition) is 1. The summed E-state index contributed by atoms with van der Waals surface area (Å²) < 4.78 is 11.0. The summed E-state index contributed by atoms with van der Waals surface area (Å²) in [7, 11) is 0. The number of aromatic nitrogens is 2. The highest BCUT2D eigenvalue weighted by molar-refractivity contribution is 9.11. The van der Waals surface area contributed by atoms with Crippen molar-refractivity contribution in [2.45, 2.75) is 0 Å². The van der Waals surface area contributed by atoms with Crippen LogP contribution >= 0.6 is 27.3 Å². The second kappa shape index (κ2) is 5.69. The number of carbonyl (C=O) groups excluding carboxylic acids is 1. The van der Waals surface area contributed by atoms with Crippen molar-refractivity contribution in [3.05, 3.63) is 43.9 Å². The van der Waals surface area contributed by atoms with Crippen LogP contribution in [0.1, 0.15) is 10.6 Å². The molecule has 22 heavy (non-hydrogen) atoms. The van der Waals surface area contributed by atoms with Crippen molar-refractivity contribution in [1.82, 2.24) is 10.2 Å². The van der Waals surface area contributed by atoms with Crippen LogP contribution in [0.25, 0.3) is 10.8 Å². The lowest BCUT2D eigenvalue weighted by Gasteiger charge is -1.95. The van der Waals surface area contributed by atoms with Crippen molar-refractivity contribution in [3.63, 3.8) is 0 Å². The minimum atomic E-state index is -0.740. The molecule has 9 nitrogen and oxygen atoms in total. The molecular weight excluding hydrogens is 380 g/mol. The Morgan fingerprint density at radius 1 is 1.27 bits per heavy atom. The molecule has 0 saturated carbocycles. The van der Waals surface area contributed by atoms with Crippen LogP contribution in [0.4, 0.5) is 11.9 Å². The van der Waals surface area contributed by atoms with Crippen LogP contribution in [0.5, 0.6) is 0 Å². The first-order chi connectivity index (χ1) is 10.5. The first kappa shape index (κ1) is 14.4. The standard InChI is InChI=1S/C11H5BrN4O5S/c12-7-3-2-6(22-7)10-14-15-11(21-10)13-9(17)5-1-4-8(20-5)16(18)19/h1-4H,(H,13,15,17). The van der Waals surface area contributed by atoms with E-state index in [0.717, 1.165) is 14.7 Å². The van der Waals surface area contributed by atoms with Gasteiger partial charge in [-0.1, -0.05) is 5.10 Å². The summed E-state index contributed by atoms with van der Waals surface area (Å²) in [4.78, 5) is 22.3. The predicted octanol–water partition coefficient (Wildman–Crippen LogP) is 3.31. The Labute approximate surface area is 134 Å². The van der Waals surface area contributed by atoms with Gasteiger partial charge in [0, 0.05) is 0 Å². The number of rotatable bonds is 4. The number of furan rings is 1. The quantitative estimate of drug-likeness (QED) is 0.540.